The summed E-state index contributed by atoms with van der Waals surface area (Å²) in [7, 11) is 0. The summed E-state index contributed by atoms with van der Waals surface area (Å²) in [5.74, 6) is 1.64. The number of hydrogen-bond donors (Lipinski definition) is 1. The molecule has 1 saturated carbocycles. The van der Waals surface area contributed by atoms with Gasteiger partial charge < -0.3 is 4.74 Å². The zero-order chi connectivity index (χ0) is 21.2. The topological polar surface area (TPSA) is 66.3 Å². The van der Waals surface area contributed by atoms with Crippen LogP contribution in [-0.4, -0.2) is 27.9 Å². The van der Waals surface area contributed by atoms with Crippen molar-refractivity contribution in [2.75, 3.05) is 5.75 Å². The minimum atomic E-state index is -0.395. The molecule has 6 nitrogen and oxygen atoms in total. The molecule has 0 aromatic heterocycles. The van der Waals surface area contributed by atoms with Gasteiger partial charge in [-0.2, -0.15) is 0 Å². The van der Waals surface area contributed by atoms with Crippen molar-refractivity contribution < 1.29 is 9.53 Å². The van der Waals surface area contributed by atoms with Gasteiger partial charge in [-0.25, -0.2) is 5.01 Å². The third-order valence-electron chi connectivity index (χ3n) is 5.74. The molecule has 0 unspecified atom stereocenters. The number of carbonyl (C=O) groups is 1. The third-order valence-corrected chi connectivity index (χ3v) is 6.81. The molecule has 1 N–H and O–H groups in total. The fourth-order valence-corrected chi connectivity index (χ4v) is 4.93. The molecule has 1 amide bonds. The maximum Gasteiger partial charge on any atom is 0.276 e. The predicted molar refractivity (Wildman–Crippen MR) is 123 cm³/mol. The fourth-order valence-electron chi connectivity index (χ4n) is 4.23. The van der Waals surface area contributed by atoms with Crippen LogP contribution in [0.2, 0.25) is 0 Å². The molecular formula is C24H26N4O2S. The lowest BCUT2D eigenvalue weighted by Crippen LogP contribution is -2.50. The molecule has 1 aliphatic carbocycles. The van der Waals surface area contributed by atoms with Gasteiger partial charge >= 0.3 is 0 Å². The third kappa shape index (κ3) is 4.06. The van der Waals surface area contributed by atoms with Crippen molar-refractivity contribution in [3.8, 4) is 5.75 Å². The van der Waals surface area contributed by atoms with Crippen LogP contribution in [0.15, 0.2) is 58.6 Å². The van der Waals surface area contributed by atoms with Crippen molar-refractivity contribution in [3.05, 3.63) is 64.7 Å². The Kier molecular flexibility index (Phi) is 5.68. The molecule has 3 aliphatic rings. The van der Waals surface area contributed by atoms with E-state index in [0.717, 1.165) is 46.9 Å². The monoisotopic (exact) mass is 434 g/mol. The number of nitrogens with one attached hydrogen (secondary N) is 1. The largest absolute Gasteiger partial charge is 0.490 e. The van der Waals surface area contributed by atoms with E-state index in [1.165, 1.54) is 12.8 Å². The highest BCUT2D eigenvalue weighted by Crippen LogP contribution is 2.32. The number of thioether (sulfide) groups is 1. The van der Waals surface area contributed by atoms with Crippen molar-refractivity contribution in [2.45, 2.75) is 51.3 Å². The fraction of sp³-hybridized carbons (Fsp3) is 0.375. The Labute approximate surface area is 186 Å². The number of rotatable bonds is 5. The molecule has 2 aromatic rings. The zero-order valence-corrected chi connectivity index (χ0v) is 18.4. The van der Waals surface area contributed by atoms with E-state index in [1.54, 1.807) is 16.8 Å². The molecular weight excluding hydrogens is 408 g/mol. The maximum atomic E-state index is 13.0. The molecule has 2 aromatic carbocycles. The van der Waals surface area contributed by atoms with Crippen LogP contribution in [0.4, 0.5) is 0 Å². The van der Waals surface area contributed by atoms with Crippen molar-refractivity contribution in [1.29, 1.82) is 0 Å². The summed E-state index contributed by atoms with van der Waals surface area (Å²) in [5, 5.41) is 11.7. The summed E-state index contributed by atoms with van der Waals surface area (Å²) >= 11 is 1.56. The minimum absolute atomic E-state index is 0.137. The van der Waals surface area contributed by atoms with Gasteiger partial charge in [-0.15, -0.1) is 5.10 Å². The standard InChI is InChI=1S/C24H26N4O2S/c1-2-15-31-24-26-23(29)21-19-9-5-6-10-20(19)25-22(28(21)27-24)16-11-13-18(14-12-16)30-17-7-3-4-8-17/h5-6,9-14,17,22H,2-4,7-8,15H2,1H3,(H,26,27,29)/t22-/m0/s1. The molecule has 1 atom stereocenters. The number of benzene rings is 2. The van der Waals surface area contributed by atoms with Gasteiger partial charge in [0.25, 0.3) is 5.91 Å². The van der Waals surface area contributed by atoms with E-state index in [0.29, 0.717) is 17.0 Å². The Bertz CT molecular complexity index is 1120. The number of carbonyl (C=O) groups excluding carboxylic acids is 1. The van der Waals surface area contributed by atoms with Crippen molar-refractivity contribution in [3.63, 3.8) is 0 Å². The zero-order valence-electron chi connectivity index (χ0n) is 17.6. The Morgan fingerprint density at radius 1 is 1.13 bits per heavy atom. The molecule has 0 saturated heterocycles. The number of fused-ring (bicyclic) bond motifs is 2. The van der Waals surface area contributed by atoms with Gasteiger partial charge in [-0.1, -0.05) is 49.0 Å². The summed E-state index contributed by atoms with van der Waals surface area (Å²) in [4.78, 5) is 18.0. The second-order valence-corrected chi connectivity index (χ2v) is 9.10. The first kappa shape index (κ1) is 20.1. The summed E-state index contributed by atoms with van der Waals surface area (Å²) in [6.45, 7) is 2.11. The highest BCUT2D eigenvalue weighted by atomic mass is 32.2. The number of hydrogen-bond acceptors (Lipinski definition) is 6. The van der Waals surface area contributed by atoms with Crippen LogP contribution in [0.25, 0.3) is 5.70 Å². The van der Waals surface area contributed by atoms with Crippen LogP contribution in [0.1, 0.15) is 50.8 Å². The van der Waals surface area contributed by atoms with E-state index in [9.17, 15) is 4.79 Å². The van der Waals surface area contributed by atoms with Crippen LogP contribution in [0, 0.1) is 0 Å². The van der Waals surface area contributed by atoms with E-state index < -0.39 is 6.17 Å². The lowest BCUT2D eigenvalue weighted by atomic mass is 10.1. The first-order chi connectivity index (χ1) is 15.2. The van der Waals surface area contributed by atoms with Crippen molar-refractivity contribution >= 4 is 28.5 Å². The first-order valence-corrected chi connectivity index (χ1v) is 12.0. The molecule has 5 rings (SSSR count). The quantitative estimate of drug-likeness (QED) is 0.784. The molecule has 0 radical (unpaired) electrons. The average Bonchev–Trinajstić information content (AvgIpc) is 3.30. The van der Waals surface area contributed by atoms with Gasteiger partial charge in [0.05, 0.1) is 11.5 Å². The van der Waals surface area contributed by atoms with Gasteiger partial charge in [0.1, 0.15) is 11.4 Å². The van der Waals surface area contributed by atoms with E-state index >= 15 is 0 Å². The van der Waals surface area contributed by atoms with Gasteiger partial charge in [-0.3, -0.25) is 15.1 Å². The smallest absolute Gasteiger partial charge is 0.276 e. The summed E-state index contributed by atoms with van der Waals surface area (Å²) < 4.78 is 6.11. The van der Waals surface area contributed by atoms with E-state index in [2.05, 4.69) is 12.2 Å². The van der Waals surface area contributed by atoms with Gasteiger partial charge in [0.2, 0.25) is 0 Å². The number of ether oxygens (including phenoxy) is 1. The molecule has 0 spiro atoms. The SMILES string of the molecule is CCCSC1=NN2C(=c3ccccc3=N[C@@H]2c2ccc(OC3CCCC3)cc2)C(=O)N1. The van der Waals surface area contributed by atoms with Crippen LogP contribution in [0.5, 0.6) is 5.75 Å². The Morgan fingerprint density at radius 3 is 2.68 bits per heavy atom. The molecule has 2 heterocycles. The summed E-state index contributed by atoms with van der Waals surface area (Å²) in [6.07, 6.45) is 5.69. The molecule has 2 aliphatic heterocycles. The van der Waals surface area contributed by atoms with Crippen LogP contribution in [0.3, 0.4) is 0 Å². The first-order valence-electron chi connectivity index (χ1n) is 11.0. The van der Waals surface area contributed by atoms with E-state index in [-0.39, 0.29) is 5.91 Å². The number of hydrazone groups is 1. The van der Waals surface area contributed by atoms with Crippen molar-refractivity contribution in [2.24, 2.45) is 10.1 Å². The second-order valence-electron chi connectivity index (χ2n) is 8.01. The van der Waals surface area contributed by atoms with E-state index in [1.807, 2.05) is 48.5 Å². The molecule has 1 fully saturated rings. The van der Waals surface area contributed by atoms with Gasteiger partial charge in [-0.05, 0) is 55.9 Å². The van der Waals surface area contributed by atoms with E-state index in [4.69, 9.17) is 14.8 Å². The summed E-state index contributed by atoms with van der Waals surface area (Å²) in [6, 6.07) is 15.8. The normalized spacial score (nSPS) is 20.5. The number of amidine groups is 1. The lowest BCUT2D eigenvalue weighted by molar-refractivity contribution is -0.116. The summed E-state index contributed by atoms with van der Waals surface area (Å²) in [5.41, 5.74) is 1.52. The minimum Gasteiger partial charge on any atom is -0.490 e. The highest BCUT2D eigenvalue weighted by Gasteiger charge is 2.34. The van der Waals surface area contributed by atoms with Gasteiger partial charge in [0.15, 0.2) is 11.3 Å². The number of para-hydroxylation sites is 1. The maximum absolute atomic E-state index is 13.0. The lowest BCUT2D eigenvalue weighted by Gasteiger charge is -2.34. The molecule has 7 heteroatoms. The Hall–Kier alpha value is -2.80. The number of amides is 1. The van der Waals surface area contributed by atoms with Crippen LogP contribution in [-0.2, 0) is 4.79 Å². The second kappa shape index (κ2) is 8.75. The Morgan fingerprint density at radius 2 is 1.90 bits per heavy atom. The van der Waals surface area contributed by atoms with Crippen LogP contribution >= 0.6 is 11.8 Å². The molecule has 0 bridgehead atoms. The number of nitrogens with zero attached hydrogens (tertiary/aromatic N) is 3. The Balaban J connectivity index is 1.51. The average molecular weight is 435 g/mol. The molecule has 160 valence electrons. The predicted octanol–water partition coefficient (Wildman–Crippen LogP) is 3.29. The van der Waals surface area contributed by atoms with Crippen LogP contribution < -0.4 is 20.6 Å². The van der Waals surface area contributed by atoms with Crippen molar-refractivity contribution in [1.82, 2.24) is 10.3 Å². The highest BCUT2D eigenvalue weighted by molar-refractivity contribution is 8.13. The van der Waals surface area contributed by atoms with Gasteiger partial charge in [0, 0.05) is 11.0 Å². The molecule has 31 heavy (non-hydrogen) atoms.